The number of hydrogen-bond acceptors (Lipinski definition) is 5. The van der Waals surface area contributed by atoms with Crippen LogP contribution in [0.5, 0.6) is 5.75 Å². The number of nitrogens with zero attached hydrogens (tertiary/aromatic N) is 4. The Bertz CT molecular complexity index is 930. The average molecular weight is 413 g/mol. The number of carbonyl (C=O) groups is 1. The van der Waals surface area contributed by atoms with Gasteiger partial charge in [0.2, 0.25) is 11.7 Å². The number of methoxy groups -OCH3 is 1. The van der Waals surface area contributed by atoms with Gasteiger partial charge in [-0.15, -0.1) is 5.10 Å². The van der Waals surface area contributed by atoms with Crippen molar-refractivity contribution < 1.29 is 22.7 Å². The van der Waals surface area contributed by atoms with Crippen LogP contribution in [0.3, 0.4) is 0 Å². The first-order chi connectivity index (χ1) is 13.7. The summed E-state index contributed by atoms with van der Waals surface area (Å²) in [5, 5.41) is 6.28. The highest BCUT2D eigenvalue weighted by Gasteiger charge is 2.39. The molecule has 2 heterocycles. The van der Waals surface area contributed by atoms with E-state index in [1.165, 1.54) is 7.11 Å². The lowest BCUT2D eigenvalue weighted by molar-refractivity contribution is -0.147. The van der Waals surface area contributed by atoms with Crippen LogP contribution < -0.4 is 15.7 Å². The van der Waals surface area contributed by atoms with Crippen LogP contribution in [-0.2, 0) is 18.0 Å². The number of amides is 1. The van der Waals surface area contributed by atoms with Gasteiger partial charge >= 0.3 is 11.9 Å². The van der Waals surface area contributed by atoms with Gasteiger partial charge in [0.25, 0.3) is 0 Å². The number of halogens is 3. The summed E-state index contributed by atoms with van der Waals surface area (Å²) in [5.41, 5.74) is -0.223. The Morgan fingerprint density at radius 3 is 2.52 bits per heavy atom. The van der Waals surface area contributed by atoms with E-state index < -0.39 is 23.7 Å². The number of anilines is 1. The average Bonchev–Trinajstić information content (AvgIpc) is 2.98. The van der Waals surface area contributed by atoms with Crippen molar-refractivity contribution in [2.24, 2.45) is 7.05 Å². The molecule has 3 rings (SSSR count). The van der Waals surface area contributed by atoms with Crippen LogP contribution in [0.4, 0.5) is 18.9 Å². The number of hydrogen-bond donors (Lipinski definition) is 1. The molecule has 0 bridgehead atoms. The third-order valence-corrected chi connectivity index (χ3v) is 4.91. The first-order valence-electron chi connectivity index (χ1n) is 9.08. The van der Waals surface area contributed by atoms with E-state index in [0.717, 1.165) is 11.7 Å². The molecule has 2 aromatic rings. The maximum Gasteiger partial charge on any atom is 0.451 e. The van der Waals surface area contributed by atoms with Crippen LogP contribution in [0.25, 0.3) is 0 Å². The predicted molar refractivity (Wildman–Crippen MR) is 98.8 cm³/mol. The van der Waals surface area contributed by atoms with Crippen molar-refractivity contribution in [1.82, 2.24) is 19.2 Å². The summed E-state index contributed by atoms with van der Waals surface area (Å²) < 4.78 is 45.5. The third-order valence-electron chi connectivity index (χ3n) is 4.91. The van der Waals surface area contributed by atoms with Crippen LogP contribution in [0.2, 0.25) is 0 Å². The van der Waals surface area contributed by atoms with Crippen LogP contribution in [0, 0.1) is 0 Å². The molecule has 1 aromatic carbocycles. The molecule has 0 atom stereocenters. The lowest BCUT2D eigenvalue weighted by Crippen LogP contribution is -2.41. The Balaban J connectivity index is 1.59. The molecular formula is C18H22F3N5O3. The summed E-state index contributed by atoms with van der Waals surface area (Å²) in [6.45, 7) is 1.07. The summed E-state index contributed by atoms with van der Waals surface area (Å²) in [6.07, 6.45) is -3.83. The second-order valence-electron chi connectivity index (χ2n) is 6.86. The molecule has 1 aliphatic rings. The monoisotopic (exact) mass is 413 g/mol. The molecule has 1 aromatic heterocycles. The van der Waals surface area contributed by atoms with Crippen molar-refractivity contribution in [2.45, 2.75) is 25.1 Å². The van der Waals surface area contributed by atoms with Crippen molar-refractivity contribution in [1.29, 1.82) is 0 Å². The smallest absolute Gasteiger partial charge is 0.451 e. The fraction of sp³-hybridized carbons (Fsp3) is 0.500. The number of piperidine rings is 1. The van der Waals surface area contributed by atoms with E-state index in [4.69, 9.17) is 4.74 Å². The minimum atomic E-state index is -4.68. The summed E-state index contributed by atoms with van der Waals surface area (Å²) in [4.78, 5) is 26.3. The Labute approximate surface area is 164 Å². The van der Waals surface area contributed by atoms with Crippen LogP contribution in [0.1, 0.15) is 24.7 Å². The molecule has 158 valence electrons. The Kier molecular flexibility index (Phi) is 5.96. The van der Waals surface area contributed by atoms with Gasteiger partial charge in [-0.05, 0) is 25.0 Å². The van der Waals surface area contributed by atoms with Crippen molar-refractivity contribution in [3.8, 4) is 5.75 Å². The first-order valence-corrected chi connectivity index (χ1v) is 9.08. The second-order valence-corrected chi connectivity index (χ2v) is 6.86. The second kappa shape index (κ2) is 8.27. The number of ether oxygens (including phenoxy) is 1. The fourth-order valence-corrected chi connectivity index (χ4v) is 3.40. The molecule has 29 heavy (non-hydrogen) atoms. The van der Waals surface area contributed by atoms with E-state index in [0.29, 0.717) is 41.9 Å². The largest absolute Gasteiger partial charge is 0.495 e. The number of para-hydroxylation sites is 2. The van der Waals surface area contributed by atoms with E-state index in [9.17, 15) is 22.8 Å². The molecule has 1 N–H and O–H groups in total. The lowest BCUT2D eigenvalue weighted by Gasteiger charge is -2.31. The third kappa shape index (κ3) is 4.61. The van der Waals surface area contributed by atoms with Gasteiger partial charge in [-0.3, -0.25) is 14.3 Å². The topological polar surface area (TPSA) is 81.4 Å². The number of alkyl halides is 3. The maximum absolute atomic E-state index is 13.0. The first kappa shape index (κ1) is 20.9. The highest BCUT2D eigenvalue weighted by atomic mass is 19.4. The summed E-state index contributed by atoms with van der Waals surface area (Å²) in [5.74, 6) is -0.877. The van der Waals surface area contributed by atoms with Crippen molar-refractivity contribution in [2.75, 3.05) is 32.1 Å². The number of benzene rings is 1. The SMILES string of the molecule is COc1ccccc1NC(=O)CN1CCC(n2nc(C(F)(F)F)n(C)c2=O)CC1. The fourth-order valence-electron chi connectivity index (χ4n) is 3.40. The lowest BCUT2D eigenvalue weighted by atomic mass is 10.1. The minimum absolute atomic E-state index is 0.135. The Morgan fingerprint density at radius 2 is 1.93 bits per heavy atom. The van der Waals surface area contributed by atoms with E-state index in [1.807, 2.05) is 4.90 Å². The van der Waals surface area contributed by atoms with Gasteiger partial charge in [-0.1, -0.05) is 12.1 Å². The molecule has 0 aliphatic carbocycles. The molecule has 0 unspecified atom stereocenters. The highest BCUT2D eigenvalue weighted by Crippen LogP contribution is 2.28. The minimum Gasteiger partial charge on any atom is -0.495 e. The molecule has 1 fully saturated rings. The summed E-state index contributed by atoms with van der Waals surface area (Å²) in [6, 6.07) is 6.61. The van der Waals surface area contributed by atoms with Gasteiger partial charge in [0, 0.05) is 20.1 Å². The van der Waals surface area contributed by atoms with Crippen LogP contribution >= 0.6 is 0 Å². The van der Waals surface area contributed by atoms with Crippen molar-refractivity contribution >= 4 is 11.6 Å². The molecule has 1 aliphatic heterocycles. The zero-order chi connectivity index (χ0) is 21.2. The maximum atomic E-state index is 13.0. The van der Waals surface area contributed by atoms with Crippen molar-refractivity contribution in [3.05, 3.63) is 40.6 Å². The van der Waals surface area contributed by atoms with Gasteiger partial charge in [0.05, 0.1) is 25.4 Å². The summed E-state index contributed by atoms with van der Waals surface area (Å²) >= 11 is 0. The van der Waals surface area contributed by atoms with Gasteiger partial charge in [-0.2, -0.15) is 13.2 Å². The Morgan fingerprint density at radius 1 is 1.28 bits per heavy atom. The van der Waals surface area contributed by atoms with E-state index in [-0.39, 0.29) is 12.5 Å². The standard InChI is InChI=1S/C18H22F3N5O3/c1-24-16(18(19,20)21)23-26(17(24)28)12-7-9-25(10-8-12)11-15(27)22-13-5-3-4-6-14(13)29-2/h3-6,12H,7-11H2,1-2H3,(H,22,27). The molecular weight excluding hydrogens is 391 g/mol. The van der Waals surface area contributed by atoms with E-state index in [2.05, 4.69) is 10.4 Å². The van der Waals surface area contributed by atoms with Gasteiger partial charge in [0.1, 0.15) is 5.75 Å². The van der Waals surface area contributed by atoms with Gasteiger partial charge < -0.3 is 10.1 Å². The molecule has 1 saturated heterocycles. The number of carbonyl (C=O) groups excluding carboxylic acids is 1. The Hall–Kier alpha value is -2.82. The number of rotatable bonds is 5. The zero-order valence-electron chi connectivity index (χ0n) is 16.1. The molecule has 1 amide bonds. The zero-order valence-corrected chi connectivity index (χ0v) is 16.1. The molecule has 0 saturated carbocycles. The van der Waals surface area contributed by atoms with Crippen molar-refractivity contribution in [3.63, 3.8) is 0 Å². The molecule has 0 radical (unpaired) electrons. The molecule has 0 spiro atoms. The number of aromatic nitrogens is 3. The van der Waals surface area contributed by atoms with Gasteiger partial charge in [0.15, 0.2) is 0 Å². The molecule has 8 nitrogen and oxygen atoms in total. The quantitative estimate of drug-likeness (QED) is 0.810. The van der Waals surface area contributed by atoms with E-state index in [1.54, 1.807) is 24.3 Å². The predicted octanol–water partition coefficient (Wildman–Crippen LogP) is 1.88. The summed E-state index contributed by atoms with van der Waals surface area (Å²) in [7, 11) is 2.57. The highest BCUT2D eigenvalue weighted by molar-refractivity contribution is 5.93. The van der Waals surface area contributed by atoms with Crippen LogP contribution in [-0.4, -0.2) is 51.9 Å². The van der Waals surface area contributed by atoms with Gasteiger partial charge in [-0.25, -0.2) is 9.48 Å². The normalized spacial score (nSPS) is 16.0. The van der Waals surface area contributed by atoms with Crippen LogP contribution in [0.15, 0.2) is 29.1 Å². The van der Waals surface area contributed by atoms with E-state index >= 15 is 0 Å². The number of likely N-dealkylation sites (tertiary alicyclic amines) is 1. The molecule has 11 heteroatoms. The number of nitrogens with one attached hydrogen (secondary N) is 1.